The van der Waals surface area contributed by atoms with Crippen LogP contribution >= 0.6 is 0 Å². The Morgan fingerprint density at radius 1 is 1.04 bits per heavy atom. The molecule has 0 heterocycles. The van der Waals surface area contributed by atoms with Gasteiger partial charge in [0.05, 0.1) is 11.3 Å². The molecule has 0 atom stereocenters. The highest BCUT2D eigenvalue weighted by atomic mass is 19.4. The summed E-state index contributed by atoms with van der Waals surface area (Å²) in [6.45, 7) is 4.01. The molecule has 2 aromatic rings. The van der Waals surface area contributed by atoms with Gasteiger partial charge in [-0.1, -0.05) is 29.8 Å². The molecule has 0 aliphatic heterocycles. The van der Waals surface area contributed by atoms with Gasteiger partial charge in [0.25, 0.3) is 0 Å². The quantitative estimate of drug-likeness (QED) is 0.798. The van der Waals surface area contributed by atoms with E-state index in [1.807, 2.05) is 26.0 Å². The zero-order valence-corrected chi connectivity index (χ0v) is 14.5. The average Bonchev–Trinajstić information content (AvgIpc) is 2.52. The number of anilines is 1. The second-order valence-electron chi connectivity index (χ2n) is 6.01. The second kappa shape index (κ2) is 7.26. The molecule has 0 radical (unpaired) electrons. The Hall–Kier alpha value is -2.01. The first-order valence-electron chi connectivity index (χ1n) is 7.90. The minimum absolute atomic E-state index is 0.321. The summed E-state index contributed by atoms with van der Waals surface area (Å²) in [5, 5.41) is 1.62. The molecule has 130 valence electrons. The fourth-order valence-electron chi connectivity index (χ4n) is 2.92. The molecule has 0 fully saturated rings. The van der Waals surface area contributed by atoms with Crippen LogP contribution in [0.5, 0.6) is 0 Å². The molecule has 0 spiro atoms. The van der Waals surface area contributed by atoms with Crippen molar-refractivity contribution in [2.45, 2.75) is 32.9 Å². The molecule has 0 unspecified atom stereocenters. The number of halogens is 3. The maximum atomic E-state index is 13.4. The van der Waals surface area contributed by atoms with Crippen LogP contribution in [0.2, 0.25) is 0 Å². The van der Waals surface area contributed by atoms with Gasteiger partial charge in [-0.3, -0.25) is 0 Å². The SMILES string of the molecule is CNN(C)c1cccc(C(F)(F)F)c1CCc1ccc(C)cc1C. The van der Waals surface area contributed by atoms with Crippen LogP contribution in [-0.2, 0) is 19.0 Å². The van der Waals surface area contributed by atoms with E-state index in [9.17, 15) is 13.2 Å². The van der Waals surface area contributed by atoms with E-state index < -0.39 is 11.7 Å². The predicted molar refractivity (Wildman–Crippen MR) is 92.2 cm³/mol. The van der Waals surface area contributed by atoms with E-state index in [2.05, 4.69) is 11.5 Å². The summed E-state index contributed by atoms with van der Waals surface area (Å²) in [5.74, 6) is 0. The average molecular weight is 336 g/mol. The summed E-state index contributed by atoms with van der Waals surface area (Å²) in [6.07, 6.45) is -3.45. The Kier molecular flexibility index (Phi) is 5.54. The normalized spacial score (nSPS) is 11.6. The number of aryl methyl sites for hydroxylation is 3. The van der Waals surface area contributed by atoms with Gasteiger partial charge in [-0.05, 0) is 55.5 Å². The van der Waals surface area contributed by atoms with Crippen molar-refractivity contribution in [2.24, 2.45) is 0 Å². The topological polar surface area (TPSA) is 15.3 Å². The summed E-state index contributed by atoms with van der Waals surface area (Å²) in [4.78, 5) is 0. The highest BCUT2D eigenvalue weighted by Gasteiger charge is 2.34. The fourth-order valence-corrected chi connectivity index (χ4v) is 2.92. The van der Waals surface area contributed by atoms with Crippen molar-refractivity contribution in [3.8, 4) is 0 Å². The highest BCUT2D eigenvalue weighted by Crippen LogP contribution is 2.36. The number of nitrogens with one attached hydrogen (secondary N) is 1. The van der Waals surface area contributed by atoms with Crippen molar-refractivity contribution in [3.05, 3.63) is 64.2 Å². The molecular weight excluding hydrogens is 313 g/mol. The lowest BCUT2D eigenvalue weighted by atomic mass is 9.95. The molecule has 0 aliphatic rings. The second-order valence-corrected chi connectivity index (χ2v) is 6.01. The molecule has 0 saturated heterocycles. The lowest BCUT2D eigenvalue weighted by molar-refractivity contribution is -0.138. The van der Waals surface area contributed by atoms with E-state index in [0.29, 0.717) is 24.1 Å². The van der Waals surface area contributed by atoms with E-state index in [1.165, 1.54) is 6.07 Å². The van der Waals surface area contributed by atoms with Crippen molar-refractivity contribution < 1.29 is 13.2 Å². The summed E-state index contributed by atoms with van der Waals surface area (Å²) in [5.41, 5.74) is 6.54. The molecule has 2 nitrogen and oxygen atoms in total. The van der Waals surface area contributed by atoms with Crippen LogP contribution in [0.25, 0.3) is 0 Å². The van der Waals surface area contributed by atoms with E-state index >= 15 is 0 Å². The van der Waals surface area contributed by atoms with Gasteiger partial charge in [-0.15, -0.1) is 0 Å². The minimum atomic E-state index is -4.36. The molecule has 2 rings (SSSR count). The third kappa shape index (κ3) is 4.09. The monoisotopic (exact) mass is 336 g/mol. The lowest BCUT2D eigenvalue weighted by Gasteiger charge is -2.24. The summed E-state index contributed by atoms with van der Waals surface area (Å²) in [6, 6.07) is 10.4. The Balaban J connectivity index is 2.39. The van der Waals surface area contributed by atoms with Crippen molar-refractivity contribution in [1.82, 2.24) is 5.43 Å². The van der Waals surface area contributed by atoms with E-state index in [1.54, 1.807) is 25.2 Å². The van der Waals surface area contributed by atoms with E-state index in [0.717, 1.165) is 22.8 Å². The summed E-state index contributed by atoms with van der Waals surface area (Å²) in [7, 11) is 3.41. The molecule has 1 N–H and O–H groups in total. The number of nitrogens with zero attached hydrogens (tertiary/aromatic N) is 1. The van der Waals surface area contributed by atoms with Crippen LogP contribution in [0.15, 0.2) is 36.4 Å². The highest BCUT2D eigenvalue weighted by molar-refractivity contribution is 5.57. The van der Waals surface area contributed by atoms with Gasteiger partial charge in [-0.2, -0.15) is 13.2 Å². The smallest absolute Gasteiger partial charge is 0.311 e. The van der Waals surface area contributed by atoms with Crippen LogP contribution in [0.4, 0.5) is 18.9 Å². The Bertz CT molecular complexity index is 708. The molecule has 5 heteroatoms. The number of benzene rings is 2. The maximum Gasteiger partial charge on any atom is 0.416 e. The third-order valence-electron chi connectivity index (χ3n) is 4.30. The fraction of sp³-hybridized carbons (Fsp3) is 0.368. The summed E-state index contributed by atoms with van der Waals surface area (Å²) >= 11 is 0. The van der Waals surface area contributed by atoms with Gasteiger partial charge in [0.2, 0.25) is 0 Å². The van der Waals surface area contributed by atoms with Gasteiger partial charge >= 0.3 is 6.18 Å². The number of hydrogen-bond acceptors (Lipinski definition) is 2. The first kappa shape index (κ1) is 18.3. The predicted octanol–water partition coefficient (Wildman–Crippen LogP) is 4.68. The van der Waals surface area contributed by atoms with Gasteiger partial charge < -0.3 is 5.01 Å². The zero-order valence-electron chi connectivity index (χ0n) is 14.5. The number of hydrogen-bond donors (Lipinski definition) is 1. The first-order chi connectivity index (χ1) is 11.2. The minimum Gasteiger partial charge on any atom is -0.311 e. The zero-order chi connectivity index (χ0) is 17.9. The van der Waals surface area contributed by atoms with Crippen LogP contribution in [-0.4, -0.2) is 14.1 Å². The molecule has 0 saturated carbocycles. The van der Waals surface area contributed by atoms with Crippen molar-refractivity contribution in [3.63, 3.8) is 0 Å². The van der Waals surface area contributed by atoms with Gasteiger partial charge in [0, 0.05) is 14.1 Å². The lowest BCUT2D eigenvalue weighted by Crippen LogP contribution is -2.32. The van der Waals surface area contributed by atoms with E-state index in [4.69, 9.17) is 0 Å². The third-order valence-corrected chi connectivity index (χ3v) is 4.30. The van der Waals surface area contributed by atoms with Crippen LogP contribution in [0.3, 0.4) is 0 Å². The Morgan fingerprint density at radius 2 is 1.75 bits per heavy atom. The Morgan fingerprint density at radius 3 is 2.33 bits per heavy atom. The van der Waals surface area contributed by atoms with Gasteiger partial charge in [-0.25, -0.2) is 5.43 Å². The van der Waals surface area contributed by atoms with Gasteiger partial charge in [0.1, 0.15) is 0 Å². The summed E-state index contributed by atoms with van der Waals surface area (Å²) < 4.78 is 40.2. The van der Waals surface area contributed by atoms with Crippen molar-refractivity contribution >= 4 is 5.69 Å². The molecule has 0 amide bonds. The Labute approximate surface area is 141 Å². The molecule has 0 aromatic heterocycles. The standard InChI is InChI=1S/C19H23F3N2/c1-13-8-9-15(14(2)12-13)10-11-16-17(19(20,21)22)6-5-7-18(16)24(4)23-3/h5-9,12,23H,10-11H2,1-4H3. The first-order valence-corrected chi connectivity index (χ1v) is 7.90. The van der Waals surface area contributed by atoms with Crippen LogP contribution in [0.1, 0.15) is 27.8 Å². The van der Waals surface area contributed by atoms with E-state index in [-0.39, 0.29) is 0 Å². The van der Waals surface area contributed by atoms with Crippen molar-refractivity contribution in [2.75, 3.05) is 19.1 Å². The van der Waals surface area contributed by atoms with Gasteiger partial charge in [0.15, 0.2) is 0 Å². The van der Waals surface area contributed by atoms with Crippen molar-refractivity contribution in [1.29, 1.82) is 0 Å². The molecule has 2 aromatic carbocycles. The largest absolute Gasteiger partial charge is 0.416 e. The maximum absolute atomic E-state index is 13.4. The number of rotatable bonds is 5. The molecular formula is C19H23F3N2. The molecule has 24 heavy (non-hydrogen) atoms. The molecule has 0 aliphatic carbocycles. The number of alkyl halides is 3. The van der Waals surface area contributed by atoms with Crippen LogP contribution in [0, 0.1) is 13.8 Å². The molecule has 0 bridgehead atoms. The number of hydrazine groups is 1. The van der Waals surface area contributed by atoms with Crippen LogP contribution < -0.4 is 10.4 Å².